The minimum absolute atomic E-state index is 0.0107. The standard InChI is InChI=1S/C16H25N3O3S/c1-12(11-17)18-16(20)14-7-5-8-15(10-14)23(21,22)19-9-4-3-6-13(19)2/h5,7-8,10,12-13H,3-4,6,9,11,17H2,1-2H3,(H,18,20)/t12-,13?/m0/s1. The fourth-order valence-corrected chi connectivity index (χ4v) is 4.47. The van der Waals surface area contributed by atoms with Gasteiger partial charge in [-0.1, -0.05) is 12.5 Å². The summed E-state index contributed by atoms with van der Waals surface area (Å²) in [7, 11) is -3.57. The van der Waals surface area contributed by atoms with Crippen LogP contribution < -0.4 is 11.1 Å². The molecule has 1 fully saturated rings. The van der Waals surface area contributed by atoms with Crippen LogP contribution in [-0.4, -0.2) is 43.8 Å². The number of carbonyl (C=O) groups is 1. The van der Waals surface area contributed by atoms with Gasteiger partial charge in [0.05, 0.1) is 4.90 Å². The molecule has 1 heterocycles. The minimum atomic E-state index is -3.57. The number of amides is 1. The largest absolute Gasteiger partial charge is 0.348 e. The van der Waals surface area contributed by atoms with Gasteiger partial charge in [-0.15, -0.1) is 0 Å². The highest BCUT2D eigenvalue weighted by atomic mass is 32.2. The Bertz CT molecular complexity index is 660. The highest BCUT2D eigenvalue weighted by Crippen LogP contribution is 2.25. The number of hydrogen-bond donors (Lipinski definition) is 2. The zero-order valence-electron chi connectivity index (χ0n) is 13.7. The van der Waals surface area contributed by atoms with Crippen molar-refractivity contribution in [2.75, 3.05) is 13.1 Å². The van der Waals surface area contributed by atoms with Gasteiger partial charge in [-0.05, 0) is 44.9 Å². The predicted molar refractivity (Wildman–Crippen MR) is 89.6 cm³/mol. The lowest BCUT2D eigenvalue weighted by atomic mass is 10.1. The molecule has 1 saturated heterocycles. The van der Waals surface area contributed by atoms with Gasteiger partial charge in [-0.2, -0.15) is 4.31 Å². The summed E-state index contributed by atoms with van der Waals surface area (Å²) in [6.07, 6.45) is 2.79. The van der Waals surface area contributed by atoms with Crippen LogP contribution in [0.4, 0.5) is 0 Å². The van der Waals surface area contributed by atoms with Crippen LogP contribution in [0.15, 0.2) is 29.2 Å². The molecule has 2 atom stereocenters. The number of rotatable bonds is 5. The lowest BCUT2D eigenvalue weighted by molar-refractivity contribution is 0.0941. The van der Waals surface area contributed by atoms with E-state index in [9.17, 15) is 13.2 Å². The van der Waals surface area contributed by atoms with Crippen LogP contribution in [0.3, 0.4) is 0 Å². The van der Waals surface area contributed by atoms with Crippen LogP contribution in [-0.2, 0) is 10.0 Å². The van der Waals surface area contributed by atoms with Crippen molar-refractivity contribution in [1.82, 2.24) is 9.62 Å². The molecule has 0 bridgehead atoms. The summed E-state index contributed by atoms with van der Waals surface area (Å²) < 4.78 is 27.2. The van der Waals surface area contributed by atoms with Crippen molar-refractivity contribution >= 4 is 15.9 Å². The summed E-state index contributed by atoms with van der Waals surface area (Å²) in [5.74, 6) is -0.313. The zero-order chi connectivity index (χ0) is 17.0. The van der Waals surface area contributed by atoms with Crippen molar-refractivity contribution in [3.8, 4) is 0 Å². The topological polar surface area (TPSA) is 92.5 Å². The molecule has 7 heteroatoms. The van der Waals surface area contributed by atoms with Crippen LogP contribution in [0.1, 0.15) is 43.5 Å². The van der Waals surface area contributed by atoms with E-state index in [4.69, 9.17) is 5.73 Å². The lowest BCUT2D eigenvalue weighted by Gasteiger charge is -2.32. The molecule has 128 valence electrons. The zero-order valence-corrected chi connectivity index (χ0v) is 14.5. The van der Waals surface area contributed by atoms with E-state index in [1.165, 1.54) is 10.4 Å². The van der Waals surface area contributed by atoms with E-state index in [2.05, 4.69) is 5.32 Å². The first-order valence-electron chi connectivity index (χ1n) is 7.99. The summed E-state index contributed by atoms with van der Waals surface area (Å²) in [5, 5.41) is 2.74. The van der Waals surface area contributed by atoms with Crippen LogP contribution in [0, 0.1) is 0 Å². The third-order valence-electron chi connectivity index (χ3n) is 4.18. The van der Waals surface area contributed by atoms with Crippen molar-refractivity contribution < 1.29 is 13.2 Å². The molecule has 0 spiro atoms. The second-order valence-electron chi connectivity index (χ2n) is 6.10. The minimum Gasteiger partial charge on any atom is -0.348 e. The van der Waals surface area contributed by atoms with Gasteiger partial charge in [0.1, 0.15) is 0 Å². The number of benzene rings is 1. The quantitative estimate of drug-likeness (QED) is 0.846. The first kappa shape index (κ1) is 17.9. The Kier molecular flexibility index (Phi) is 5.78. The number of hydrogen-bond acceptors (Lipinski definition) is 4. The van der Waals surface area contributed by atoms with E-state index >= 15 is 0 Å². The van der Waals surface area contributed by atoms with Crippen molar-refractivity contribution in [2.24, 2.45) is 5.73 Å². The first-order chi connectivity index (χ1) is 10.9. The van der Waals surface area contributed by atoms with Gasteiger partial charge >= 0.3 is 0 Å². The van der Waals surface area contributed by atoms with E-state index in [0.29, 0.717) is 18.7 Å². The van der Waals surface area contributed by atoms with Gasteiger partial charge in [-0.3, -0.25) is 4.79 Å². The number of piperidine rings is 1. The number of nitrogens with two attached hydrogens (primary N) is 1. The molecule has 0 saturated carbocycles. The number of carbonyl (C=O) groups excluding carboxylic acids is 1. The number of nitrogens with zero attached hydrogens (tertiary/aromatic N) is 1. The van der Waals surface area contributed by atoms with Gasteiger partial charge in [0.2, 0.25) is 10.0 Å². The van der Waals surface area contributed by atoms with Gasteiger partial charge in [0.15, 0.2) is 0 Å². The van der Waals surface area contributed by atoms with Crippen LogP contribution in [0.25, 0.3) is 0 Å². The Balaban J connectivity index is 2.26. The second kappa shape index (κ2) is 7.42. The Morgan fingerprint density at radius 3 is 2.83 bits per heavy atom. The van der Waals surface area contributed by atoms with Crippen LogP contribution in [0.5, 0.6) is 0 Å². The fraction of sp³-hybridized carbons (Fsp3) is 0.562. The van der Waals surface area contributed by atoms with Crippen molar-refractivity contribution in [3.63, 3.8) is 0 Å². The van der Waals surface area contributed by atoms with Crippen molar-refractivity contribution in [1.29, 1.82) is 0 Å². The van der Waals surface area contributed by atoms with Gasteiger partial charge in [-0.25, -0.2) is 8.42 Å². The van der Waals surface area contributed by atoms with Gasteiger partial charge < -0.3 is 11.1 Å². The molecule has 6 nitrogen and oxygen atoms in total. The molecule has 23 heavy (non-hydrogen) atoms. The maximum Gasteiger partial charge on any atom is 0.251 e. The van der Waals surface area contributed by atoms with E-state index in [1.54, 1.807) is 25.1 Å². The molecular formula is C16H25N3O3S. The molecule has 0 aliphatic carbocycles. The molecule has 1 aromatic rings. The third-order valence-corrected chi connectivity index (χ3v) is 6.19. The van der Waals surface area contributed by atoms with E-state index < -0.39 is 10.0 Å². The summed E-state index contributed by atoms with van der Waals surface area (Å²) in [5.41, 5.74) is 5.82. The van der Waals surface area contributed by atoms with Gasteiger partial charge in [0.25, 0.3) is 5.91 Å². The van der Waals surface area contributed by atoms with E-state index in [0.717, 1.165) is 19.3 Å². The summed E-state index contributed by atoms with van der Waals surface area (Å²) in [6.45, 7) is 4.59. The Labute approximate surface area is 138 Å². The maximum atomic E-state index is 12.8. The number of sulfonamides is 1. The predicted octanol–water partition coefficient (Wildman–Crippen LogP) is 1.33. The SMILES string of the molecule is CC1CCCCN1S(=O)(=O)c1cccc(C(=O)N[C@@H](C)CN)c1. The molecule has 1 aliphatic rings. The van der Waals surface area contributed by atoms with E-state index in [-0.39, 0.29) is 22.9 Å². The molecular weight excluding hydrogens is 314 g/mol. The molecule has 2 rings (SSSR count). The lowest BCUT2D eigenvalue weighted by Crippen LogP contribution is -2.42. The highest BCUT2D eigenvalue weighted by molar-refractivity contribution is 7.89. The second-order valence-corrected chi connectivity index (χ2v) is 7.99. The molecule has 1 amide bonds. The number of nitrogens with one attached hydrogen (secondary N) is 1. The highest BCUT2D eigenvalue weighted by Gasteiger charge is 2.31. The van der Waals surface area contributed by atoms with Gasteiger partial charge in [0, 0.05) is 30.7 Å². The van der Waals surface area contributed by atoms with Crippen molar-refractivity contribution in [2.45, 2.75) is 50.1 Å². The third kappa shape index (κ3) is 4.10. The van der Waals surface area contributed by atoms with Crippen LogP contribution >= 0.6 is 0 Å². The summed E-state index contributed by atoms with van der Waals surface area (Å²) in [6, 6.07) is 6.02. The van der Waals surface area contributed by atoms with Crippen LogP contribution in [0.2, 0.25) is 0 Å². The smallest absolute Gasteiger partial charge is 0.251 e. The molecule has 3 N–H and O–H groups in total. The Morgan fingerprint density at radius 2 is 2.17 bits per heavy atom. The Morgan fingerprint density at radius 1 is 1.43 bits per heavy atom. The monoisotopic (exact) mass is 339 g/mol. The molecule has 1 aromatic carbocycles. The summed E-state index contributed by atoms with van der Waals surface area (Å²) >= 11 is 0. The molecule has 1 unspecified atom stereocenters. The molecule has 0 radical (unpaired) electrons. The normalized spacial score (nSPS) is 20.9. The average Bonchev–Trinajstić information content (AvgIpc) is 2.55. The average molecular weight is 339 g/mol. The molecule has 1 aliphatic heterocycles. The first-order valence-corrected chi connectivity index (χ1v) is 9.43. The molecule has 0 aromatic heterocycles. The maximum absolute atomic E-state index is 12.8. The van der Waals surface area contributed by atoms with Crippen molar-refractivity contribution in [3.05, 3.63) is 29.8 Å². The fourth-order valence-electron chi connectivity index (χ4n) is 2.73. The summed E-state index contributed by atoms with van der Waals surface area (Å²) in [4.78, 5) is 12.3. The Hall–Kier alpha value is -1.44. The van der Waals surface area contributed by atoms with E-state index in [1.807, 2.05) is 6.92 Å².